The normalized spacial score (nSPS) is 15.3. The van der Waals surface area contributed by atoms with Gasteiger partial charge in [0, 0.05) is 11.1 Å². The summed E-state index contributed by atoms with van der Waals surface area (Å²) in [6.45, 7) is 4.47. The van der Waals surface area contributed by atoms with Gasteiger partial charge in [0.15, 0.2) is 0 Å². The average Bonchev–Trinajstić information content (AvgIpc) is 3.14. The van der Waals surface area contributed by atoms with Crippen LogP contribution in [-0.2, 0) is 11.3 Å². The number of esters is 1. The van der Waals surface area contributed by atoms with E-state index < -0.39 is 0 Å². The standard InChI is InChI=1S/C18H20N2O3S/c1-23-18(22)16-4-2-15(3-5-16)17(21)20-9-7-19(8-10-20)12-14-6-11-24-13-14/h2-6,11,13H,7-10,12H2,1H3/p+1. The Balaban J connectivity index is 1.55. The van der Waals surface area contributed by atoms with Crippen LogP contribution in [0, 0.1) is 0 Å². The smallest absolute Gasteiger partial charge is 0.337 e. The highest BCUT2D eigenvalue weighted by Crippen LogP contribution is 2.09. The number of hydrogen-bond acceptors (Lipinski definition) is 4. The molecule has 3 rings (SSSR count). The molecule has 6 heteroatoms. The summed E-state index contributed by atoms with van der Waals surface area (Å²) in [5.41, 5.74) is 2.44. The van der Waals surface area contributed by atoms with Gasteiger partial charge in [0.2, 0.25) is 0 Å². The number of methoxy groups -OCH3 is 1. The minimum Gasteiger partial charge on any atom is -0.465 e. The summed E-state index contributed by atoms with van der Waals surface area (Å²) in [5, 5.41) is 4.29. The highest BCUT2D eigenvalue weighted by Gasteiger charge is 2.24. The quantitative estimate of drug-likeness (QED) is 0.844. The number of quaternary nitrogens is 1. The molecule has 0 radical (unpaired) electrons. The van der Waals surface area contributed by atoms with Crippen LogP contribution in [0.4, 0.5) is 0 Å². The summed E-state index contributed by atoms with van der Waals surface area (Å²) in [4.78, 5) is 27.4. The van der Waals surface area contributed by atoms with Crippen molar-refractivity contribution in [1.29, 1.82) is 0 Å². The maximum absolute atomic E-state index is 12.6. The first-order chi connectivity index (χ1) is 11.7. The van der Waals surface area contributed by atoms with Gasteiger partial charge < -0.3 is 14.5 Å². The molecule has 0 saturated carbocycles. The Morgan fingerprint density at radius 2 is 1.79 bits per heavy atom. The summed E-state index contributed by atoms with van der Waals surface area (Å²) in [7, 11) is 1.35. The predicted molar refractivity (Wildman–Crippen MR) is 92.4 cm³/mol. The van der Waals surface area contributed by atoms with E-state index in [1.165, 1.54) is 17.6 Å². The monoisotopic (exact) mass is 345 g/mol. The molecule has 1 aromatic heterocycles. The van der Waals surface area contributed by atoms with Crippen LogP contribution >= 0.6 is 11.3 Å². The van der Waals surface area contributed by atoms with E-state index in [9.17, 15) is 9.59 Å². The number of nitrogens with one attached hydrogen (secondary N) is 1. The van der Waals surface area contributed by atoms with Crippen molar-refractivity contribution >= 4 is 23.2 Å². The molecule has 0 unspecified atom stereocenters. The lowest BCUT2D eigenvalue weighted by atomic mass is 10.1. The van der Waals surface area contributed by atoms with Gasteiger partial charge in [-0.1, -0.05) is 0 Å². The summed E-state index contributed by atoms with van der Waals surface area (Å²) < 4.78 is 4.67. The Bertz CT molecular complexity index is 690. The topological polar surface area (TPSA) is 51.1 Å². The number of thiophene rings is 1. The highest BCUT2D eigenvalue weighted by molar-refractivity contribution is 7.07. The molecule has 5 nitrogen and oxygen atoms in total. The molecule has 2 heterocycles. The van der Waals surface area contributed by atoms with Crippen LogP contribution in [0.15, 0.2) is 41.1 Å². The summed E-state index contributed by atoms with van der Waals surface area (Å²) >= 11 is 1.72. The van der Waals surface area contributed by atoms with Crippen molar-refractivity contribution in [2.45, 2.75) is 6.54 Å². The third kappa shape index (κ3) is 3.83. The lowest BCUT2D eigenvalue weighted by Crippen LogP contribution is -3.13. The van der Waals surface area contributed by atoms with Crippen LogP contribution in [0.2, 0.25) is 0 Å². The third-order valence-corrected chi connectivity index (χ3v) is 5.08. The lowest BCUT2D eigenvalue weighted by molar-refractivity contribution is -0.917. The Hall–Kier alpha value is -2.18. The van der Waals surface area contributed by atoms with Crippen molar-refractivity contribution in [3.63, 3.8) is 0 Å². The number of carbonyl (C=O) groups is 2. The maximum atomic E-state index is 12.6. The number of carbonyl (C=O) groups excluding carboxylic acids is 2. The average molecular weight is 345 g/mol. The third-order valence-electron chi connectivity index (χ3n) is 4.34. The lowest BCUT2D eigenvalue weighted by Gasteiger charge is -2.32. The van der Waals surface area contributed by atoms with E-state index in [1.807, 2.05) is 4.90 Å². The predicted octanol–water partition coefficient (Wildman–Crippen LogP) is 1.08. The van der Waals surface area contributed by atoms with E-state index in [4.69, 9.17) is 0 Å². The van der Waals surface area contributed by atoms with Crippen LogP contribution in [0.3, 0.4) is 0 Å². The number of nitrogens with zero attached hydrogens (tertiary/aromatic N) is 1. The van der Waals surface area contributed by atoms with Gasteiger partial charge in [0.1, 0.15) is 6.54 Å². The number of hydrogen-bond donors (Lipinski definition) is 1. The van der Waals surface area contributed by atoms with E-state index in [0.717, 1.165) is 32.7 Å². The molecular formula is C18H21N2O3S+. The zero-order valence-corrected chi connectivity index (χ0v) is 14.5. The number of benzene rings is 1. The first-order valence-electron chi connectivity index (χ1n) is 7.99. The van der Waals surface area contributed by atoms with Crippen molar-refractivity contribution < 1.29 is 19.2 Å². The van der Waals surface area contributed by atoms with Gasteiger partial charge in [-0.05, 0) is 41.1 Å². The van der Waals surface area contributed by atoms with Gasteiger partial charge in [0.05, 0.1) is 38.9 Å². The van der Waals surface area contributed by atoms with E-state index in [1.54, 1.807) is 35.6 Å². The molecule has 0 bridgehead atoms. The molecule has 1 fully saturated rings. The Morgan fingerprint density at radius 1 is 1.12 bits per heavy atom. The van der Waals surface area contributed by atoms with Gasteiger partial charge in [-0.25, -0.2) is 4.79 Å². The summed E-state index contributed by atoms with van der Waals surface area (Å²) in [6.07, 6.45) is 0. The van der Waals surface area contributed by atoms with Crippen molar-refractivity contribution in [1.82, 2.24) is 4.90 Å². The molecule has 1 aliphatic rings. The van der Waals surface area contributed by atoms with Gasteiger partial charge in [0.25, 0.3) is 5.91 Å². The SMILES string of the molecule is COC(=O)c1ccc(C(=O)N2CC[NH+](Cc3ccsc3)CC2)cc1. The van der Waals surface area contributed by atoms with E-state index in [-0.39, 0.29) is 11.9 Å². The van der Waals surface area contributed by atoms with Crippen LogP contribution in [0.5, 0.6) is 0 Å². The first kappa shape index (κ1) is 16.7. The van der Waals surface area contributed by atoms with Crippen molar-refractivity contribution in [3.8, 4) is 0 Å². The number of piperazine rings is 1. The van der Waals surface area contributed by atoms with Crippen LogP contribution in [0.1, 0.15) is 26.3 Å². The molecule has 126 valence electrons. The molecular weight excluding hydrogens is 324 g/mol. The Morgan fingerprint density at radius 3 is 2.38 bits per heavy atom. The van der Waals surface area contributed by atoms with Gasteiger partial charge in [-0.3, -0.25) is 4.79 Å². The summed E-state index contributed by atoms with van der Waals surface area (Å²) in [6, 6.07) is 8.82. The molecule has 0 aliphatic carbocycles. The fourth-order valence-electron chi connectivity index (χ4n) is 2.93. The van der Waals surface area contributed by atoms with E-state index >= 15 is 0 Å². The Kier molecular flexibility index (Phi) is 5.27. The molecule has 1 N–H and O–H groups in total. The molecule has 0 atom stereocenters. The summed E-state index contributed by atoms with van der Waals surface area (Å²) in [5.74, 6) is -0.361. The van der Waals surface area contributed by atoms with Gasteiger partial charge in [-0.15, -0.1) is 0 Å². The fraction of sp³-hybridized carbons (Fsp3) is 0.333. The molecule has 0 spiro atoms. The molecule has 2 aromatic rings. The molecule has 1 amide bonds. The number of ether oxygens (including phenoxy) is 1. The number of amides is 1. The largest absolute Gasteiger partial charge is 0.465 e. The zero-order valence-electron chi connectivity index (χ0n) is 13.7. The van der Waals surface area contributed by atoms with E-state index in [0.29, 0.717) is 11.1 Å². The minimum atomic E-state index is -0.389. The first-order valence-corrected chi connectivity index (χ1v) is 8.94. The molecule has 1 saturated heterocycles. The van der Waals surface area contributed by atoms with Crippen molar-refractivity contribution in [2.75, 3.05) is 33.3 Å². The van der Waals surface area contributed by atoms with Crippen LogP contribution < -0.4 is 4.90 Å². The molecule has 1 aliphatic heterocycles. The minimum absolute atomic E-state index is 0.0287. The Labute approximate surface area is 145 Å². The maximum Gasteiger partial charge on any atom is 0.337 e. The second-order valence-electron chi connectivity index (χ2n) is 5.92. The van der Waals surface area contributed by atoms with Gasteiger partial charge in [-0.2, -0.15) is 11.3 Å². The van der Waals surface area contributed by atoms with Crippen molar-refractivity contribution in [2.24, 2.45) is 0 Å². The van der Waals surface area contributed by atoms with E-state index in [2.05, 4.69) is 21.6 Å². The second-order valence-corrected chi connectivity index (χ2v) is 6.70. The van der Waals surface area contributed by atoms with Crippen LogP contribution in [0.25, 0.3) is 0 Å². The highest BCUT2D eigenvalue weighted by atomic mass is 32.1. The van der Waals surface area contributed by atoms with Crippen molar-refractivity contribution in [3.05, 3.63) is 57.8 Å². The zero-order chi connectivity index (χ0) is 16.9. The molecule has 1 aromatic carbocycles. The van der Waals surface area contributed by atoms with Crippen LogP contribution in [-0.4, -0.2) is 50.1 Å². The number of rotatable bonds is 4. The van der Waals surface area contributed by atoms with Gasteiger partial charge >= 0.3 is 5.97 Å². The molecule has 24 heavy (non-hydrogen) atoms. The fourth-order valence-corrected chi connectivity index (χ4v) is 3.60. The second kappa shape index (κ2) is 7.59.